The predicted octanol–water partition coefficient (Wildman–Crippen LogP) is 3.01. The van der Waals surface area contributed by atoms with Gasteiger partial charge in [0.25, 0.3) is 5.91 Å². The van der Waals surface area contributed by atoms with Gasteiger partial charge in [-0.1, -0.05) is 43.6 Å². The first-order valence-corrected chi connectivity index (χ1v) is 10.7. The third-order valence-corrected chi connectivity index (χ3v) is 6.31. The highest BCUT2D eigenvalue weighted by molar-refractivity contribution is 7.89. The first-order chi connectivity index (χ1) is 13.5. The minimum Gasteiger partial charge on any atom is -0.347 e. The lowest BCUT2D eigenvalue weighted by atomic mass is 9.84. The summed E-state index contributed by atoms with van der Waals surface area (Å²) in [4.78, 5) is 14.0. The Kier molecular flexibility index (Phi) is 5.53. The number of carbonyl (C=O) groups is 1. The number of primary sulfonamides is 1. The zero-order valence-electron chi connectivity index (χ0n) is 16.2. The lowest BCUT2D eigenvalue weighted by Gasteiger charge is -2.23. The van der Waals surface area contributed by atoms with Crippen LogP contribution in [0.3, 0.4) is 0 Å². The Labute approximate surface area is 174 Å². The second-order valence-corrected chi connectivity index (χ2v) is 9.10. The van der Waals surface area contributed by atoms with Gasteiger partial charge in [-0.15, -0.1) is 0 Å². The second kappa shape index (κ2) is 7.62. The summed E-state index contributed by atoms with van der Waals surface area (Å²) in [7, 11) is -2.06. The third-order valence-electron chi connectivity index (χ3n) is 4.91. The zero-order valence-corrected chi connectivity index (χ0v) is 17.8. The van der Waals surface area contributed by atoms with Gasteiger partial charge in [0.05, 0.1) is 5.02 Å². The molecule has 0 aromatic heterocycles. The fourth-order valence-corrected chi connectivity index (χ4v) is 4.50. The molecule has 2 aromatic rings. The molecule has 0 saturated carbocycles. The summed E-state index contributed by atoms with van der Waals surface area (Å²) in [5.74, 6) is -0.580. The molecule has 9 heteroatoms. The fourth-order valence-electron chi connectivity index (χ4n) is 3.43. The molecule has 3 N–H and O–H groups in total. The number of para-hydroxylation sites is 1. The summed E-state index contributed by atoms with van der Waals surface area (Å²) in [6.07, 6.45) is 3.33. The number of halogens is 1. The topological polar surface area (TPSA) is 105 Å². The average Bonchev–Trinajstić information content (AvgIpc) is 2.85. The molecule has 0 spiro atoms. The van der Waals surface area contributed by atoms with Crippen LogP contribution in [0.1, 0.15) is 29.8 Å². The molecule has 0 aliphatic carbocycles. The maximum absolute atomic E-state index is 12.3. The van der Waals surface area contributed by atoms with Gasteiger partial charge in [-0.25, -0.2) is 19.0 Å². The molecule has 152 valence electrons. The maximum Gasteiger partial charge on any atom is 0.271 e. The molecular weight excluding hydrogens is 412 g/mol. The van der Waals surface area contributed by atoms with Crippen LogP contribution in [0.4, 0.5) is 5.69 Å². The Morgan fingerprint density at radius 3 is 2.59 bits per heavy atom. The van der Waals surface area contributed by atoms with Crippen LogP contribution in [-0.2, 0) is 15.4 Å². The fraction of sp³-hybridized carbons (Fsp3) is 0.200. The van der Waals surface area contributed by atoms with Crippen LogP contribution in [0.5, 0.6) is 0 Å². The molecule has 1 aliphatic heterocycles. The van der Waals surface area contributed by atoms with Crippen LogP contribution >= 0.6 is 11.6 Å². The number of carbonyl (C=O) groups excluding carboxylic acids is 1. The van der Waals surface area contributed by atoms with Crippen molar-refractivity contribution < 1.29 is 13.2 Å². The number of hydrazone groups is 1. The van der Waals surface area contributed by atoms with E-state index in [1.54, 1.807) is 0 Å². The maximum atomic E-state index is 12.3. The Hall–Kier alpha value is -2.68. The molecule has 1 heterocycles. The molecular formula is C20H21ClN4O3S. The molecule has 1 aliphatic rings. The molecule has 0 unspecified atom stereocenters. The van der Waals surface area contributed by atoms with Crippen LogP contribution in [-0.4, -0.2) is 27.6 Å². The van der Waals surface area contributed by atoms with Crippen molar-refractivity contribution in [2.24, 2.45) is 10.2 Å². The number of nitrogens with one attached hydrogen (secondary N) is 1. The van der Waals surface area contributed by atoms with Crippen molar-refractivity contribution in [1.29, 1.82) is 0 Å². The van der Waals surface area contributed by atoms with E-state index in [9.17, 15) is 13.2 Å². The summed E-state index contributed by atoms with van der Waals surface area (Å²) < 4.78 is 23.1. The second-order valence-electron chi connectivity index (χ2n) is 7.16. The van der Waals surface area contributed by atoms with E-state index in [1.807, 2.05) is 25.3 Å². The number of rotatable bonds is 4. The predicted molar refractivity (Wildman–Crippen MR) is 115 cm³/mol. The largest absolute Gasteiger partial charge is 0.347 e. The Morgan fingerprint density at radius 2 is 1.93 bits per heavy atom. The van der Waals surface area contributed by atoms with Crippen LogP contribution in [0.25, 0.3) is 0 Å². The van der Waals surface area contributed by atoms with E-state index in [-0.39, 0.29) is 20.9 Å². The number of hydrogen-bond acceptors (Lipinski definition) is 5. The van der Waals surface area contributed by atoms with E-state index in [4.69, 9.17) is 16.7 Å². The Balaban J connectivity index is 1.77. The number of hydrogen-bond donors (Lipinski definition) is 2. The number of benzene rings is 2. The van der Waals surface area contributed by atoms with E-state index in [1.165, 1.54) is 23.9 Å². The van der Waals surface area contributed by atoms with E-state index in [2.05, 4.69) is 41.4 Å². The molecule has 0 bridgehead atoms. The Bertz CT molecular complexity index is 1140. The summed E-state index contributed by atoms with van der Waals surface area (Å²) in [6.45, 7) is 4.24. The van der Waals surface area contributed by atoms with Gasteiger partial charge in [0.2, 0.25) is 10.0 Å². The number of nitrogens with zero attached hydrogens (tertiary/aromatic N) is 2. The van der Waals surface area contributed by atoms with Gasteiger partial charge < -0.3 is 4.90 Å². The SMILES string of the molecule is CN1C(=CC=NNC(=O)c2ccc(Cl)c(S(N)(=O)=O)c2)C(C)(C)c2ccccc21. The number of amides is 1. The lowest BCUT2D eigenvalue weighted by molar-refractivity contribution is 0.0955. The van der Waals surface area contributed by atoms with Gasteiger partial charge in [0.1, 0.15) is 4.90 Å². The molecule has 0 atom stereocenters. The van der Waals surface area contributed by atoms with Crippen molar-refractivity contribution in [3.63, 3.8) is 0 Å². The number of fused-ring (bicyclic) bond motifs is 1. The van der Waals surface area contributed by atoms with Crippen LogP contribution in [0.2, 0.25) is 5.02 Å². The third kappa shape index (κ3) is 4.05. The van der Waals surface area contributed by atoms with E-state index < -0.39 is 15.9 Å². The average molecular weight is 433 g/mol. The normalized spacial score (nSPS) is 17.0. The summed E-state index contributed by atoms with van der Waals surface area (Å²) in [5.41, 5.74) is 5.61. The van der Waals surface area contributed by atoms with Gasteiger partial charge in [0, 0.05) is 35.6 Å². The highest BCUT2D eigenvalue weighted by atomic mass is 35.5. The molecule has 0 fully saturated rings. The lowest BCUT2D eigenvalue weighted by Crippen LogP contribution is -2.23. The number of likely N-dealkylation sites (N-methyl/N-ethyl adjacent to an activating group) is 1. The van der Waals surface area contributed by atoms with Crippen molar-refractivity contribution in [1.82, 2.24) is 5.43 Å². The van der Waals surface area contributed by atoms with Crippen LogP contribution in [0, 0.1) is 0 Å². The molecule has 2 aromatic carbocycles. The first kappa shape index (κ1) is 21.0. The van der Waals surface area contributed by atoms with Crippen molar-refractivity contribution in [3.05, 3.63) is 70.4 Å². The van der Waals surface area contributed by atoms with Gasteiger partial charge in [0.15, 0.2) is 0 Å². The van der Waals surface area contributed by atoms with Crippen molar-refractivity contribution in [2.75, 3.05) is 11.9 Å². The standard InChI is InChI=1S/C20H21ClN4O3S/c1-20(2)14-6-4-5-7-16(14)25(3)18(20)10-11-23-24-19(26)13-8-9-15(21)17(12-13)29(22,27)28/h4-12H,1-3H3,(H,24,26)(H2,22,27,28). The minimum absolute atomic E-state index is 0.0525. The van der Waals surface area contributed by atoms with Gasteiger partial charge in [-0.05, 0) is 35.9 Å². The van der Waals surface area contributed by atoms with E-state index in [0.717, 1.165) is 17.5 Å². The number of nitrogens with two attached hydrogens (primary N) is 1. The smallest absolute Gasteiger partial charge is 0.271 e. The molecule has 3 rings (SSSR count). The number of allylic oxidation sites excluding steroid dienone is 2. The molecule has 7 nitrogen and oxygen atoms in total. The van der Waals surface area contributed by atoms with Crippen LogP contribution < -0.4 is 15.5 Å². The molecule has 0 saturated heterocycles. The van der Waals surface area contributed by atoms with Gasteiger partial charge >= 0.3 is 0 Å². The van der Waals surface area contributed by atoms with Crippen molar-refractivity contribution in [3.8, 4) is 0 Å². The number of anilines is 1. The van der Waals surface area contributed by atoms with Crippen molar-refractivity contribution >= 4 is 39.4 Å². The summed E-state index contributed by atoms with van der Waals surface area (Å²) in [6, 6.07) is 12.0. The first-order valence-electron chi connectivity index (χ1n) is 8.73. The molecule has 0 radical (unpaired) electrons. The van der Waals surface area contributed by atoms with Crippen LogP contribution in [0.15, 0.2) is 64.2 Å². The molecule has 29 heavy (non-hydrogen) atoms. The van der Waals surface area contributed by atoms with E-state index in [0.29, 0.717) is 0 Å². The highest BCUT2D eigenvalue weighted by Gasteiger charge is 2.37. The van der Waals surface area contributed by atoms with Gasteiger partial charge in [-0.3, -0.25) is 4.79 Å². The Morgan fingerprint density at radius 1 is 1.24 bits per heavy atom. The number of sulfonamides is 1. The van der Waals surface area contributed by atoms with Crippen molar-refractivity contribution in [2.45, 2.75) is 24.2 Å². The van der Waals surface area contributed by atoms with Gasteiger partial charge in [-0.2, -0.15) is 5.10 Å². The minimum atomic E-state index is -4.04. The summed E-state index contributed by atoms with van der Waals surface area (Å²) >= 11 is 5.83. The summed E-state index contributed by atoms with van der Waals surface area (Å²) in [5, 5.41) is 9.00. The zero-order chi connectivity index (χ0) is 21.4. The van der Waals surface area contributed by atoms with E-state index >= 15 is 0 Å². The molecule has 1 amide bonds. The quantitative estimate of drug-likeness (QED) is 0.572. The monoisotopic (exact) mass is 432 g/mol. The highest BCUT2D eigenvalue weighted by Crippen LogP contribution is 2.46.